The maximum atomic E-state index is 10.4. The number of hydrogen-bond donors (Lipinski definition) is 3. The highest BCUT2D eigenvalue weighted by molar-refractivity contribution is 5.85. The molecule has 0 aromatic heterocycles. The zero-order valence-electron chi connectivity index (χ0n) is 5.30. The molecule has 1 heterocycles. The van der Waals surface area contributed by atoms with E-state index in [0.717, 1.165) is 0 Å². The molecule has 6 nitrogen and oxygen atoms in total. The van der Waals surface area contributed by atoms with Crippen molar-refractivity contribution in [3.8, 4) is 0 Å². The Morgan fingerprint density at radius 2 is 2.00 bits per heavy atom. The van der Waals surface area contributed by atoms with Crippen molar-refractivity contribution >= 4 is 11.9 Å². The van der Waals surface area contributed by atoms with Crippen LogP contribution in [0.15, 0.2) is 0 Å². The maximum absolute atomic E-state index is 10.4. The fourth-order valence-electron chi connectivity index (χ4n) is 0.766. The Labute approximate surface area is 61.0 Å². The average molecular weight is 162 g/mol. The lowest BCUT2D eigenvalue weighted by atomic mass is 10.1. The van der Waals surface area contributed by atoms with E-state index in [1.807, 2.05) is 0 Å². The van der Waals surface area contributed by atoms with Gasteiger partial charge in [0.25, 0.3) is 0 Å². The number of hydrogen-bond acceptors (Lipinski definition) is 5. The molecule has 0 bridgehead atoms. The summed E-state index contributed by atoms with van der Waals surface area (Å²) in [6, 6.07) is 0. The van der Waals surface area contributed by atoms with Crippen LogP contribution in [0, 0.1) is 0 Å². The van der Waals surface area contributed by atoms with Crippen LogP contribution < -0.4 is 0 Å². The van der Waals surface area contributed by atoms with Crippen LogP contribution in [0.4, 0.5) is 0 Å². The molecule has 0 unspecified atom stereocenters. The van der Waals surface area contributed by atoms with E-state index in [9.17, 15) is 9.59 Å². The van der Waals surface area contributed by atoms with Crippen LogP contribution >= 0.6 is 0 Å². The van der Waals surface area contributed by atoms with E-state index in [-0.39, 0.29) is 0 Å². The molecule has 1 aliphatic heterocycles. The van der Waals surface area contributed by atoms with Crippen molar-refractivity contribution < 1.29 is 29.6 Å². The van der Waals surface area contributed by atoms with Gasteiger partial charge in [0.05, 0.1) is 0 Å². The van der Waals surface area contributed by atoms with Gasteiger partial charge < -0.3 is 20.1 Å². The molecule has 0 radical (unpaired) electrons. The third-order valence-electron chi connectivity index (χ3n) is 1.36. The van der Waals surface area contributed by atoms with Crippen molar-refractivity contribution in [1.29, 1.82) is 0 Å². The third-order valence-corrected chi connectivity index (χ3v) is 1.36. The Kier molecular flexibility index (Phi) is 1.79. The molecule has 0 spiro atoms. The fourth-order valence-corrected chi connectivity index (χ4v) is 0.766. The number of carboxylic acids is 1. The molecule has 6 heteroatoms. The van der Waals surface area contributed by atoms with Gasteiger partial charge in [0.2, 0.25) is 6.10 Å². The number of carbonyl (C=O) groups excluding carboxylic acids is 1. The molecule has 0 amide bonds. The predicted molar refractivity (Wildman–Crippen MR) is 29.5 cm³/mol. The minimum absolute atomic E-state index is 1.11. The van der Waals surface area contributed by atoms with Gasteiger partial charge in [-0.05, 0) is 0 Å². The molecule has 3 atom stereocenters. The van der Waals surface area contributed by atoms with Gasteiger partial charge in [0, 0.05) is 0 Å². The van der Waals surface area contributed by atoms with Gasteiger partial charge in [0.1, 0.15) is 6.10 Å². The predicted octanol–water partition coefficient (Wildman–Crippen LogP) is -2.28. The Bertz CT molecular complexity index is 199. The van der Waals surface area contributed by atoms with Crippen molar-refractivity contribution in [2.45, 2.75) is 18.3 Å². The second-order valence-electron chi connectivity index (χ2n) is 2.13. The van der Waals surface area contributed by atoms with Gasteiger partial charge in [-0.25, -0.2) is 9.59 Å². The first-order valence-corrected chi connectivity index (χ1v) is 2.83. The molecule has 3 N–H and O–H groups in total. The van der Waals surface area contributed by atoms with Crippen molar-refractivity contribution in [2.75, 3.05) is 0 Å². The Morgan fingerprint density at radius 1 is 1.45 bits per heavy atom. The van der Waals surface area contributed by atoms with E-state index in [0.29, 0.717) is 0 Å². The van der Waals surface area contributed by atoms with Crippen LogP contribution in [0.3, 0.4) is 0 Å². The van der Waals surface area contributed by atoms with Crippen molar-refractivity contribution in [3.63, 3.8) is 0 Å². The molecule has 1 fully saturated rings. The van der Waals surface area contributed by atoms with E-state index in [1.165, 1.54) is 0 Å². The van der Waals surface area contributed by atoms with Gasteiger partial charge >= 0.3 is 11.9 Å². The van der Waals surface area contributed by atoms with Crippen LogP contribution in [0.25, 0.3) is 0 Å². The average Bonchev–Trinajstić information content (AvgIpc) is 2.17. The molecule has 1 saturated heterocycles. The summed E-state index contributed by atoms with van der Waals surface area (Å²) in [6.07, 6.45) is -5.05. The summed E-state index contributed by atoms with van der Waals surface area (Å²) < 4.78 is 4.11. The van der Waals surface area contributed by atoms with E-state index < -0.39 is 30.3 Å². The van der Waals surface area contributed by atoms with E-state index in [2.05, 4.69) is 4.74 Å². The molecule has 1 aliphatic rings. The SMILES string of the molecule is O=C1O[C@@H](C(=O)O)[C@H](O)[C@@H]1O. The van der Waals surface area contributed by atoms with Gasteiger partial charge in [-0.15, -0.1) is 0 Å². The molecule has 1 rings (SSSR count). The highest BCUT2D eigenvalue weighted by Crippen LogP contribution is 2.15. The van der Waals surface area contributed by atoms with Crippen LogP contribution in [0.1, 0.15) is 0 Å². The summed E-state index contributed by atoms with van der Waals surface area (Å²) in [6.45, 7) is 0. The minimum Gasteiger partial charge on any atom is -0.478 e. The lowest BCUT2D eigenvalue weighted by Gasteiger charge is -2.06. The third kappa shape index (κ3) is 1.17. The van der Waals surface area contributed by atoms with Crippen molar-refractivity contribution in [1.82, 2.24) is 0 Å². The summed E-state index contributed by atoms with van der Waals surface area (Å²) in [5.74, 6) is -2.58. The molecular weight excluding hydrogens is 156 g/mol. The zero-order chi connectivity index (χ0) is 8.59. The quantitative estimate of drug-likeness (QED) is 0.375. The topological polar surface area (TPSA) is 104 Å². The fraction of sp³-hybridized carbons (Fsp3) is 0.600. The lowest BCUT2D eigenvalue weighted by molar-refractivity contribution is -0.159. The van der Waals surface area contributed by atoms with Crippen LogP contribution in [-0.2, 0) is 14.3 Å². The normalized spacial score (nSPS) is 36.9. The molecule has 0 aromatic carbocycles. The molecule has 62 valence electrons. The summed E-state index contributed by atoms with van der Waals surface area (Å²) in [7, 11) is 0. The van der Waals surface area contributed by atoms with Gasteiger partial charge in [-0.1, -0.05) is 0 Å². The number of ether oxygens (including phenoxy) is 1. The first kappa shape index (κ1) is 7.96. The number of aliphatic hydroxyl groups is 2. The van der Waals surface area contributed by atoms with Crippen LogP contribution in [0.5, 0.6) is 0 Å². The number of cyclic esters (lactones) is 1. The Hall–Kier alpha value is -1.14. The number of esters is 1. The Morgan fingerprint density at radius 3 is 2.18 bits per heavy atom. The largest absolute Gasteiger partial charge is 0.478 e. The number of rotatable bonds is 1. The summed E-state index contributed by atoms with van der Waals surface area (Å²) in [5, 5.41) is 25.8. The Balaban J connectivity index is 2.74. The monoisotopic (exact) mass is 162 g/mol. The van der Waals surface area contributed by atoms with E-state index >= 15 is 0 Å². The lowest BCUT2D eigenvalue weighted by Crippen LogP contribution is -2.35. The highest BCUT2D eigenvalue weighted by Gasteiger charge is 2.46. The summed E-state index contributed by atoms with van der Waals surface area (Å²) in [4.78, 5) is 20.6. The molecule has 0 aliphatic carbocycles. The van der Waals surface area contributed by atoms with Crippen LogP contribution in [-0.4, -0.2) is 45.6 Å². The van der Waals surface area contributed by atoms with Crippen molar-refractivity contribution in [2.24, 2.45) is 0 Å². The highest BCUT2D eigenvalue weighted by atomic mass is 16.6. The molecule has 0 aromatic rings. The number of aliphatic carboxylic acids is 1. The van der Waals surface area contributed by atoms with E-state index in [1.54, 1.807) is 0 Å². The molecule has 11 heavy (non-hydrogen) atoms. The maximum Gasteiger partial charge on any atom is 0.347 e. The number of carboxylic acid groups (broad SMARTS) is 1. The molecule has 0 saturated carbocycles. The van der Waals surface area contributed by atoms with Gasteiger partial charge in [-0.2, -0.15) is 0 Å². The smallest absolute Gasteiger partial charge is 0.347 e. The van der Waals surface area contributed by atoms with E-state index in [4.69, 9.17) is 15.3 Å². The number of aliphatic hydroxyl groups excluding tert-OH is 2. The first-order chi connectivity index (χ1) is 5.04. The molecular formula is C5H6O6. The first-order valence-electron chi connectivity index (χ1n) is 2.83. The second kappa shape index (κ2) is 2.48. The number of carbonyl (C=O) groups is 2. The van der Waals surface area contributed by atoms with Crippen molar-refractivity contribution in [3.05, 3.63) is 0 Å². The summed E-state index contributed by atoms with van der Waals surface area (Å²) >= 11 is 0. The second-order valence-corrected chi connectivity index (χ2v) is 2.13. The van der Waals surface area contributed by atoms with Crippen LogP contribution in [0.2, 0.25) is 0 Å². The standard InChI is InChI=1S/C5H6O6/c6-1-2(7)5(10)11-3(1)4(8)9/h1-3,6-7H,(H,8,9)/t1-,2+,3-/m1/s1. The van der Waals surface area contributed by atoms with Gasteiger partial charge in [0.15, 0.2) is 6.10 Å². The summed E-state index contributed by atoms with van der Waals surface area (Å²) in [5.41, 5.74) is 0. The van der Waals surface area contributed by atoms with Gasteiger partial charge in [-0.3, -0.25) is 0 Å². The zero-order valence-corrected chi connectivity index (χ0v) is 5.30. The minimum atomic E-state index is -1.74.